The number of pyridine rings is 1. The van der Waals surface area contributed by atoms with Crippen LogP contribution in [-0.4, -0.2) is 28.7 Å². The minimum absolute atomic E-state index is 0.135. The lowest BCUT2D eigenvalue weighted by molar-refractivity contribution is -0.138. The number of carbonyl (C=O) groups is 1. The molecule has 0 saturated heterocycles. The topological polar surface area (TPSA) is 85.4 Å². The second-order valence-corrected chi connectivity index (χ2v) is 11.1. The van der Waals surface area contributed by atoms with Gasteiger partial charge in [-0.15, -0.1) is 0 Å². The van der Waals surface area contributed by atoms with Crippen molar-refractivity contribution in [1.29, 1.82) is 0 Å². The molecule has 0 bridgehead atoms. The van der Waals surface area contributed by atoms with Crippen LogP contribution in [0.2, 0.25) is 0 Å². The van der Waals surface area contributed by atoms with Gasteiger partial charge in [-0.1, -0.05) is 71.9 Å². The molecule has 1 atom stereocenters. The normalized spacial score (nSPS) is 13.4. The summed E-state index contributed by atoms with van der Waals surface area (Å²) in [4.78, 5) is 15.6. The highest BCUT2D eigenvalue weighted by Crippen LogP contribution is 2.36. The Bertz CT molecular complexity index is 919. The number of aliphatic carboxylic acids is 1. The van der Waals surface area contributed by atoms with Gasteiger partial charge < -0.3 is 15.6 Å². The third kappa shape index (κ3) is 8.69. The Morgan fingerprint density at radius 1 is 1.12 bits per heavy atom. The van der Waals surface area contributed by atoms with Gasteiger partial charge in [0.05, 0.1) is 6.61 Å². The minimum Gasteiger partial charge on any atom is -0.480 e. The molecule has 5 nitrogen and oxygen atoms in total. The Hall–Kier alpha value is -2.50. The Morgan fingerprint density at radius 2 is 1.76 bits per heavy atom. The second-order valence-electron chi connectivity index (χ2n) is 11.1. The third-order valence-corrected chi connectivity index (χ3v) is 5.84. The summed E-state index contributed by atoms with van der Waals surface area (Å²) >= 11 is 0. The van der Waals surface area contributed by atoms with Crippen LogP contribution in [0, 0.1) is 0 Å². The fourth-order valence-corrected chi connectivity index (χ4v) is 4.03. The maximum Gasteiger partial charge on any atom is 0.320 e. The molecule has 0 amide bonds. The molecule has 0 aliphatic carbocycles. The highest BCUT2D eigenvalue weighted by molar-refractivity contribution is 5.74. The summed E-state index contributed by atoms with van der Waals surface area (Å²) in [5, 5.41) is 9.41. The van der Waals surface area contributed by atoms with Gasteiger partial charge in [-0.2, -0.15) is 0 Å². The summed E-state index contributed by atoms with van der Waals surface area (Å²) in [6.45, 7) is 14.2. The Morgan fingerprint density at radius 3 is 2.29 bits per heavy atom. The number of rotatable bonds is 11. The van der Waals surface area contributed by atoms with E-state index in [1.165, 1.54) is 0 Å². The molecule has 0 radical (unpaired) electrons. The van der Waals surface area contributed by atoms with Crippen LogP contribution in [0.5, 0.6) is 0 Å². The average molecular weight is 467 g/mol. The van der Waals surface area contributed by atoms with Crippen molar-refractivity contribution in [2.24, 2.45) is 5.73 Å². The first-order chi connectivity index (χ1) is 15.9. The van der Waals surface area contributed by atoms with Gasteiger partial charge in [0, 0.05) is 19.0 Å². The lowest BCUT2D eigenvalue weighted by Crippen LogP contribution is -2.34. The SMILES string of the molecule is CC(C)(C)c1cc(COCCCC/C=C\c2cccnc2)cc(C(C)(C)C)c1C[C@H](N)C(=O)O. The van der Waals surface area contributed by atoms with Crippen molar-refractivity contribution in [1.82, 2.24) is 4.98 Å². The molecule has 0 saturated carbocycles. The molecule has 0 aliphatic rings. The first-order valence-electron chi connectivity index (χ1n) is 12.2. The van der Waals surface area contributed by atoms with Gasteiger partial charge in [0.1, 0.15) is 6.04 Å². The van der Waals surface area contributed by atoms with E-state index in [-0.39, 0.29) is 10.8 Å². The van der Waals surface area contributed by atoms with Crippen LogP contribution in [0.15, 0.2) is 42.7 Å². The summed E-state index contributed by atoms with van der Waals surface area (Å²) in [6, 6.07) is 7.42. The van der Waals surface area contributed by atoms with Crippen molar-refractivity contribution in [2.45, 2.75) is 90.7 Å². The Labute approximate surface area is 205 Å². The molecule has 5 heteroatoms. The van der Waals surface area contributed by atoms with Crippen molar-refractivity contribution in [3.63, 3.8) is 0 Å². The molecule has 1 aromatic heterocycles. The van der Waals surface area contributed by atoms with Crippen molar-refractivity contribution in [2.75, 3.05) is 6.61 Å². The minimum atomic E-state index is -0.970. The fraction of sp³-hybridized carbons (Fsp3) is 0.517. The van der Waals surface area contributed by atoms with Crippen LogP contribution in [0.1, 0.15) is 88.6 Å². The van der Waals surface area contributed by atoms with Crippen LogP contribution in [0.25, 0.3) is 6.08 Å². The zero-order chi connectivity index (χ0) is 25.4. The van der Waals surface area contributed by atoms with Crippen LogP contribution < -0.4 is 5.73 Å². The molecule has 0 aliphatic heterocycles. The third-order valence-electron chi connectivity index (χ3n) is 5.84. The highest BCUT2D eigenvalue weighted by atomic mass is 16.5. The number of allylic oxidation sites excluding steroid dienone is 1. The zero-order valence-corrected chi connectivity index (χ0v) is 21.7. The summed E-state index contributed by atoms with van der Waals surface area (Å²) in [6.07, 6.45) is 11.3. The van der Waals surface area contributed by atoms with Crippen LogP contribution >= 0.6 is 0 Å². The molecule has 0 fully saturated rings. The molecular formula is C29H42N2O3. The van der Waals surface area contributed by atoms with E-state index in [0.717, 1.165) is 47.1 Å². The zero-order valence-electron chi connectivity index (χ0n) is 21.7. The van der Waals surface area contributed by atoms with Crippen molar-refractivity contribution < 1.29 is 14.6 Å². The Balaban J connectivity index is 2.04. The van der Waals surface area contributed by atoms with Crippen molar-refractivity contribution >= 4 is 12.0 Å². The molecule has 34 heavy (non-hydrogen) atoms. The number of carboxylic acids is 1. The first-order valence-corrected chi connectivity index (χ1v) is 12.2. The maximum atomic E-state index is 11.5. The monoisotopic (exact) mass is 466 g/mol. The highest BCUT2D eigenvalue weighted by Gasteiger charge is 2.28. The van der Waals surface area contributed by atoms with Gasteiger partial charge in [0.15, 0.2) is 0 Å². The number of nitrogens with zero attached hydrogens (tertiary/aromatic N) is 1. The van der Waals surface area contributed by atoms with E-state index in [9.17, 15) is 9.90 Å². The molecule has 0 spiro atoms. The number of ether oxygens (including phenoxy) is 1. The number of carboxylic acid groups (broad SMARTS) is 1. The van der Waals surface area contributed by atoms with E-state index in [0.29, 0.717) is 19.6 Å². The molecule has 186 valence electrons. The molecule has 3 N–H and O–H groups in total. The van der Waals surface area contributed by atoms with Gasteiger partial charge in [-0.3, -0.25) is 9.78 Å². The molecule has 1 aromatic carbocycles. The molecular weight excluding hydrogens is 424 g/mol. The van der Waals surface area contributed by atoms with E-state index < -0.39 is 12.0 Å². The van der Waals surface area contributed by atoms with E-state index >= 15 is 0 Å². The van der Waals surface area contributed by atoms with Gasteiger partial charge in [0.2, 0.25) is 0 Å². The van der Waals surface area contributed by atoms with Gasteiger partial charge >= 0.3 is 5.97 Å². The second kappa shape index (κ2) is 12.3. The molecule has 0 unspecified atom stereocenters. The van der Waals surface area contributed by atoms with Crippen LogP contribution in [0.3, 0.4) is 0 Å². The smallest absolute Gasteiger partial charge is 0.320 e. The predicted molar refractivity (Wildman–Crippen MR) is 140 cm³/mol. The molecule has 1 heterocycles. The largest absolute Gasteiger partial charge is 0.480 e. The Kier molecular flexibility index (Phi) is 10.0. The standard InChI is InChI=1S/C29H42N2O3/c1-28(2,3)24-16-22(17-25(29(4,5)6)23(24)18-26(30)27(32)33)20-34-15-10-8-7-9-12-21-13-11-14-31-19-21/h9,11-14,16-17,19,26H,7-8,10,15,18,20,30H2,1-6H3,(H,32,33)/b12-9-/t26-/m0/s1. The van der Waals surface area contributed by atoms with E-state index in [1.54, 1.807) is 6.20 Å². The van der Waals surface area contributed by atoms with Crippen molar-refractivity contribution in [3.8, 4) is 0 Å². The quantitative estimate of drug-likeness (QED) is 0.395. The van der Waals surface area contributed by atoms with Crippen molar-refractivity contribution in [3.05, 3.63) is 70.6 Å². The summed E-state index contributed by atoms with van der Waals surface area (Å²) in [5.41, 5.74) is 11.3. The molecule has 2 rings (SSSR count). The van der Waals surface area contributed by atoms with Gasteiger partial charge in [-0.25, -0.2) is 0 Å². The lowest BCUT2D eigenvalue weighted by Gasteiger charge is -2.32. The summed E-state index contributed by atoms with van der Waals surface area (Å²) in [5.74, 6) is -0.970. The first kappa shape index (κ1) is 27.7. The van der Waals surface area contributed by atoms with Crippen LogP contribution in [-0.2, 0) is 33.4 Å². The fourth-order valence-electron chi connectivity index (χ4n) is 4.03. The number of benzene rings is 1. The maximum absolute atomic E-state index is 11.5. The van der Waals surface area contributed by atoms with E-state index in [1.807, 2.05) is 18.3 Å². The van der Waals surface area contributed by atoms with E-state index in [4.69, 9.17) is 10.5 Å². The number of hydrogen-bond acceptors (Lipinski definition) is 4. The van der Waals surface area contributed by atoms with Crippen LogP contribution in [0.4, 0.5) is 0 Å². The summed E-state index contributed by atoms with van der Waals surface area (Å²) in [7, 11) is 0. The average Bonchev–Trinajstić information content (AvgIpc) is 2.75. The van der Waals surface area contributed by atoms with E-state index in [2.05, 4.69) is 70.8 Å². The van der Waals surface area contributed by atoms with Gasteiger partial charge in [-0.05, 0) is 70.4 Å². The van der Waals surface area contributed by atoms with Gasteiger partial charge in [0.25, 0.3) is 0 Å². The lowest BCUT2D eigenvalue weighted by atomic mass is 9.74. The molecule has 2 aromatic rings. The summed E-state index contributed by atoms with van der Waals surface area (Å²) < 4.78 is 6.03. The number of nitrogens with two attached hydrogens (primary N) is 1. The number of unbranched alkanes of at least 4 members (excludes halogenated alkanes) is 2. The number of hydrogen-bond donors (Lipinski definition) is 2. The number of aromatic nitrogens is 1. The predicted octanol–water partition coefficient (Wildman–Crippen LogP) is 6.03.